The van der Waals surface area contributed by atoms with E-state index in [1.54, 1.807) is 0 Å². The van der Waals surface area contributed by atoms with E-state index in [1.807, 2.05) is 0 Å². The van der Waals surface area contributed by atoms with Crippen LogP contribution in [0.4, 0.5) is 0 Å². The van der Waals surface area contributed by atoms with Crippen molar-refractivity contribution in [2.24, 2.45) is 0 Å². The third kappa shape index (κ3) is 1.16. The van der Waals surface area contributed by atoms with Crippen LogP contribution >= 0.6 is 0 Å². The molecule has 2 N–H and O–H groups in total. The Morgan fingerprint density at radius 3 is 3.57 bits per heavy atom. The number of hydrogen-bond acceptors (Lipinski definition) is 2. The fourth-order valence-electron chi connectivity index (χ4n) is 0.202. The van der Waals surface area contributed by atoms with Gasteiger partial charge in [-0.15, -0.1) is 0 Å². The molecule has 7 heavy (non-hydrogen) atoms. The Balaban J connectivity index is 3.31. The predicted octanol–water partition coefficient (Wildman–Crippen LogP) is -1.29. The van der Waals surface area contributed by atoms with Crippen molar-refractivity contribution in [2.45, 2.75) is 0 Å². The van der Waals surface area contributed by atoms with Gasteiger partial charge in [0.15, 0.2) is 1.41 Å². The standard InChI is InChI=1S/C4H8N2O/c7-4-3-5-1-2-6-4/h5H,1-3H2,(H,6,7)/i1D2,2D2,3D2/hD2. The van der Waals surface area contributed by atoms with Crippen LogP contribution in [0.1, 0.15) is 8.22 Å². The number of carbonyl (C=O) groups is 1. The van der Waals surface area contributed by atoms with Gasteiger partial charge in [-0.1, -0.05) is 0 Å². The lowest BCUT2D eigenvalue weighted by Crippen LogP contribution is -2.44. The Morgan fingerprint density at radius 1 is 1.86 bits per heavy atom. The van der Waals surface area contributed by atoms with E-state index in [0.29, 0.717) is 0 Å². The maximum Gasteiger partial charge on any atom is 0.234 e. The van der Waals surface area contributed by atoms with Gasteiger partial charge >= 0.3 is 0 Å². The van der Waals surface area contributed by atoms with Crippen molar-refractivity contribution in [3.63, 3.8) is 0 Å². The molecule has 1 rings (SSSR count). The molecule has 0 aromatic carbocycles. The summed E-state index contributed by atoms with van der Waals surface area (Å²) in [6, 6.07) is 0. The molecule has 1 aliphatic heterocycles. The van der Waals surface area contributed by atoms with Crippen molar-refractivity contribution in [1.82, 2.24) is 10.6 Å². The van der Waals surface area contributed by atoms with Crippen LogP contribution in [0.25, 0.3) is 0 Å². The summed E-state index contributed by atoms with van der Waals surface area (Å²) in [4.78, 5) is 11.2. The lowest BCUT2D eigenvalue weighted by molar-refractivity contribution is -0.121. The quantitative estimate of drug-likeness (QED) is 0.405. The smallest absolute Gasteiger partial charge is 0.234 e. The molecule has 0 saturated carbocycles. The number of carbonyl (C=O) groups excluding carboxylic acids is 1. The van der Waals surface area contributed by atoms with Gasteiger partial charge in [0, 0.05) is 15.7 Å². The van der Waals surface area contributed by atoms with Crippen molar-refractivity contribution < 1.29 is 15.8 Å². The first-order chi connectivity index (χ1) is 6.47. The van der Waals surface area contributed by atoms with Gasteiger partial charge in [0.2, 0.25) is 5.91 Å². The van der Waals surface area contributed by atoms with Crippen molar-refractivity contribution >= 4 is 5.91 Å². The van der Waals surface area contributed by atoms with Crippen LogP contribution in [0.5, 0.6) is 0 Å². The second-order valence-corrected chi connectivity index (χ2v) is 0.864. The molecule has 1 fully saturated rings. The van der Waals surface area contributed by atoms with Gasteiger partial charge in [-0.3, -0.25) is 4.79 Å². The van der Waals surface area contributed by atoms with Gasteiger partial charge in [0.25, 0.3) is 0 Å². The van der Waals surface area contributed by atoms with E-state index in [0.717, 1.165) is 0 Å². The minimum absolute atomic E-state index is 0.395. The molecule has 0 bridgehead atoms. The third-order valence-electron chi connectivity index (χ3n) is 0.415. The van der Waals surface area contributed by atoms with Crippen molar-refractivity contribution in [3.05, 3.63) is 0 Å². The highest BCUT2D eigenvalue weighted by atomic mass is 16.2. The Morgan fingerprint density at radius 2 is 2.71 bits per heavy atom. The molecular weight excluding hydrogens is 92.1 g/mol. The normalized spacial score (nSPS) is 64.0. The lowest BCUT2D eigenvalue weighted by atomic mass is 10.4. The van der Waals surface area contributed by atoms with Gasteiger partial charge in [-0.25, -0.2) is 0 Å². The van der Waals surface area contributed by atoms with Crippen LogP contribution < -0.4 is 10.6 Å². The van der Waals surface area contributed by atoms with Gasteiger partial charge in [0.05, 0.1) is 12.0 Å². The number of amides is 1. The van der Waals surface area contributed by atoms with E-state index in [2.05, 4.69) is 0 Å². The summed E-state index contributed by atoms with van der Waals surface area (Å²) in [5.74, 6) is -1.61. The third-order valence-corrected chi connectivity index (χ3v) is 0.415. The minimum Gasteiger partial charge on any atom is -0.354 e. The lowest BCUT2D eigenvalue weighted by Gasteiger charge is -2.11. The van der Waals surface area contributed by atoms with Crippen molar-refractivity contribution in [2.75, 3.05) is 19.5 Å². The van der Waals surface area contributed by atoms with E-state index in [4.69, 9.17) is 11.0 Å². The minimum atomic E-state index is -3.10. The monoisotopic (exact) mass is 108 g/mol. The summed E-state index contributed by atoms with van der Waals surface area (Å²) in [6.45, 7) is -9.25. The molecule has 1 heterocycles. The zero-order chi connectivity index (χ0) is 12.2. The first-order valence-corrected chi connectivity index (χ1v) is 1.60. The van der Waals surface area contributed by atoms with Crippen LogP contribution in [-0.4, -0.2) is 25.4 Å². The summed E-state index contributed by atoms with van der Waals surface area (Å²) in [6.07, 6.45) is 0. The van der Waals surface area contributed by atoms with E-state index in [-0.39, 0.29) is 0 Å². The summed E-state index contributed by atoms with van der Waals surface area (Å²) in [5, 5.41) is -0.800. The number of piperazine rings is 1. The summed E-state index contributed by atoms with van der Waals surface area (Å²) < 4.78 is 56.9. The molecule has 1 amide bonds. The van der Waals surface area contributed by atoms with Gasteiger partial charge < -0.3 is 10.6 Å². The first kappa shape index (κ1) is 0.910. The highest BCUT2D eigenvalue weighted by molar-refractivity contribution is 5.78. The molecular formula is C4H8N2O. The second kappa shape index (κ2) is 1.93. The average Bonchev–Trinajstić information content (AvgIpc) is 2.12. The van der Waals surface area contributed by atoms with Crippen LogP contribution in [0.15, 0.2) is 0 Å². The Labute approximate surface area is 53.4 Å². The Bertz CT molecular complexity index is 303. The molecule has 3 nitrogen and oxygen atoms in total. The number of hydrogen-bond donors (Lipinski definition) is 2. The molecule has 1 saturated heterocycles. The second-order valence-electron chi connectivity index (χ2n) is 0.864. The van der Waals surface area contributed by atoms with E-state index >= 15 is 0 Å². The molecule has 0 aromatic rings. The summed E-state index contributed by atoms with van der Waals surface area (Å²) >= 11 is 0. The topological polar surface area (TPSA) is 41.1 Å². The zero-order valence-corrected chi connectivity index (χ0v) is 3.30. The molecule has 0 aliphatic carbocycles. The molecule has 0 unspecified atom stereocenters. The molecule has 0 spiro atoms. The van der Waals surface area contributed by atoms with Crippen LogP contribution in [-0.2, 0) is 4.79 Å². The molecule has 1 aliphatic rings. The van der Waals surface area contributed by atoms with E-state index in [9.17, 15) is 4.79 Å². The van der Waals surface area contributed by atoms with Gasteiger partial charge in [-0.2, -0.15) is 0 Å². The number of nitrogens with one attached hydrogen (secondary N) is 2. The van der Waals surface area contributed by atoms with Crippen molar-refractivity contribution in [1.29, 1.82) is 0 Å². The predicted molar refractivity (Wildman–Crippen MR) is 25.9 cm³/mol. The summed E-state index contributed by atoms with van der Waals surface area (Å²) in [5.41, 5.74) is 0. The van der Waals surface area contributed by atoms with Gasteiger partial charge in [0.1, 0.15) is 1.41 Å². The highest BCUT2D eigenvalue weighted by Crippen LogP contribution is 1.69. The molecule has 0 aromatic heterocycles. The maximum atomic E-state index is 11.2. The first-order valence-electron chi connectivity index (χ1n) is 5.49. The molecule has 0 atom stereocenters. The van der Waals surface area contributed by atoms with Crippen LogP contribution in [0, 0.1) is 0 Å². The SMILES string of the molecule is [2H]N1C(=O)C([2H])([2H])N([2H])C([2H])([2H])C1([2H])[2H]. The maximum absolute atomic E-state index is 11.2. The Kier molecular flexibility index (Phi) is 0.251. The molecule has 0 radical (unpaired) electrons. The Hall–Kier alpha value is -0.570. The molecule has 3 heteroatoms. The average molecular weight is 108 g/mol. The number of rotatable bonds is 0. The summed E-state index contributed by atoms with van der Waals surface area (Å²) in [7, 11) is 0. The highest BCUT2D eigenvalue weighted by Gasteiger charge is 2.02. The van der Waals surface area contributed by atoms with E-state index < -0.39 is 36.0 Å². The zero-order valence-electron chi connectivity index (χ0n) is 11.3. The van der Waals surface area contributed by atoms with E-state index in [1.165, 1.54) is 0 Å². The largest absolute Gasteiger partial charge is 0.354 e. The van der Waals surface area contributed by atoms with Crippen LogP contribution in [0.3, 0.4) is 0 Å². The fraction of sp³-hybridized carbons (Fsp3) is 0.750. The van der Waals surface area contributed by atoms with Crippen molar-refractivity contribution in [3.8, 4) is 0 Å². The fourth-order valence-corrected chi connectivity index (χ4v) is 0.202. The molecule has 40 valence electrons. The van der Waals surface area contributed by atoms with Crippen LogP contribution in [0.2, 0.25) is 2.82 Å². The van der Waals surface area contributed by atoms with Gasteiger partial charge in [-0.05, 0) is 0 Å².